The molecule has 2 heteroatoms. The Bertz CT molecular complexity index is 548. The molecule has 3 aliphatic rings. The van der Waals surface area contributed by atoms with Crippen LogP contribution in [0, 0.1) is 11.8 Å². The van der Waals surface area contributed by atoms with E-state index in [1.807, 2.05) is 18.2 Å². The van der Waals surface area contributed by atoms with Gasteiger partial charge in [0.2, 0.25) is 0 Å². The molecule has 0 bridgehead atoms. The van der Waals surface area contributed by atoms with Gasteiger partial charge in [0.1, 0.15) is 5.75 Å². The molecule has 0 unspecified atom stereocenters. The minimum atomic E-state index is 0.0529. The Hall–Kier alpha value is -1.28. The summed E-state index contributed by atoms with van der Waals surface area (Å²) in [6.45, 7) is 0. The molecule has 1 aromatic rings. The molecule has 0 radical (unpaired) electrons. The fourth-order valence-electron chi connectivity index (χ4n) is 4.62. The van der Waals surface area contributed by atoms with Crippen LogP contribution in [0.3, 0.4) is 0 Å². The average Bonchev–Trinajstić information content (AvgIpc) is 2.55. The zero-order valence-electron chi connectivity index (χ0n) is 12.5. The molecule has 4 atom stereocenters. The molecule has 0 aromatic heterocycles. The molecule has 112 valence electrons. The van der Waals surface area contributed by atoms with Gasteiger partial charge in [0, 0.05) is 17.4 Å². The zero-order chi connectivity index (χ0) is 14.2. The minimum absolute atomic E-state index is 0.0529. The van der Waals surface area contributed by atoms with Crippen molar-refractivity contribution in [3.8, 4) is 5.75 Å². The number of hydrogen-bond donors (Lipinski definition) is 1. The van der Waals surface area contributed by atoms with E-state index in [1.54, 1.807) is 11.6 Å². The molecule has 1 saturated carbocycles. The molecule has 2 fully saturated rings. The van der Waals surface area contributed by atoms with Crippen LogP contribution in [-0.2, 0) is 4.74 Å². The number of para-hydroxylation sites is 1. The smallest absolute Gasteiger partial charge is 0.121 e. The highest BCUT2D eigenvalue weighted by atomic mass is 16.5. The molecule has 4 rings (SSSR count). The highest BCUT2D eigenvalue weighted by molar-refractivity contribution is 5.37. The Morgan fingerprint density at radius 1 is 0.952 bits per heavy atom. The van der Waals surface area contributed by atoms with Gasteiger partial charge in [0.15, 0.2) is 0 Å². The number of allylic oxidation sites excluding steroid dienone is 1. The second-order valence-corrected chi connectivity index (χ2v) is 6.79. The van der Waals surface area contributed by atoms with Crippen LogP contribution in [0.4, 0.5) is 0 Å². The molecule has 21 heavy (non-hydrogen) atoms. The lowest BCUT2D eigenvalue weighted by Crippen LogP contribution is -2.41. The van der Waals surface area contributed by atoms with Crippen LogP contribution in [0.1, 0.15) is 56.6 Å². The van der Waals surface area contributed by atoms with E-state index in [1.165, 1.54) is 44.9 Å². The number of rotatable bonds is 1. The second-order valence-electron chi connectivity index (χ2n) is 6.79. The predicted molar refractivity (Wildman–Crippen MR) is 83.1 cm³/mol. The van der Waals surface area contributed by atoms with Crippen LogP contribution in [0.25, 0.3) is 0 Å². The number of aromatic hydroxyl groups is 1. The van der Waals surface area contributed by atoms with Gasteiger partial charge in [-0.25, -0.2) is 0 Å². The van der Waals surface area contributed by atoms with E-state index in [0.29, 0.717) is 23.7 Å². The first-order chi connectivity index (χ1) is 10.3. The highest BCUT2D eigenvalue weighted by Crippen LogP contribution is 2.52. The summed E-state index contributed by atoms with van der Waals surface area (Å²) in [5, 5.41) is 10.2. The Balaban J connectivity index is 1.72. The fourth-order valence-corrected chi connectivity index (χ4v) is 4.62. The molecule has 1 saturated heterocycles. The Kier molecular flexibility index (Phi) is 3.50. The Labute approximate surface area is 126 Å². The lowest BCUT2D eigenvalue weighted by Gasteiger charge is -2.47. The Morgan fingerprint density at radius 3 is 2.67 bits per heavy atom. The molecular weight excluding hydrogens is 260 g/mol. The molecule has 0 spiro atoms. The van der Waals surface area contributed by atoms with E-state index in [2.05, 4.69) is 6.08 Å². The number of fused-ring (bicyclic) bond motifs is 3. The van der Waals surface area contributed by atoms with Crippen molar-refractivity contribution in [3.63, 3.8) is 0 Å². The number of benzene rings is 1. The Morgan fingerprint density at radius 2 is 1.76 bits per heavy atom. The molecule has 2 aliphatic carbocycles. The number of phenolic OH excluding ortho intramolecular Hbond substituents is 1. The van der Waals surface area contributed by atoms with Gasteiger partial charge < -0.3 is 9.84 Å². The lowest BCUT2D eigenvalue weighted by molar-refractivity contribution is -0.107. The molecule has 1 aromatic carbocycles. The van der Waals surface area contributed by atoms with Crippen LogP contribution < -0.4 is 0 Å². The van der Waals surface area contributed by atoms with E-state index >= 15 is 0 Å². The fraction of sp³-hybridized carbons (Fsp3) is 0.579. The van der Waals surface area contributed by atoms with Crippen molar-refractivity contribution in [2.75, 3.05) is 0 Å². The third-order valence-electron chi connectivity index (χ3n) is 5.59. The van der Waals surface area contributed by atoms with Gasteiger partial charge in [-0.2, -0.15) is 0 Å². The second kappa shape index (κ2) is 5.49. The van der Waals surface area contributed by atoms with Gasteiger partial charge in [-0.1, -0.05) is 42.7 Å². The number of ether oxygens (including phenoxy) is 1. The highest BCUT2D eigenvalue weighted by Gasteiger charge is 2.44. The predicted octanol–water partition coefficient (Wildman–Crippen LogP) is 4.75. The summed E-state index contributed by atoms with van der Waals surface area (Å²) in [5.41, 5.74) is 2.63. The van der Waals surface area contributed by atoms with Crippen molar-refractivity contribution in [1.29, 1.82) is 0 Å². The normalized spacial score (nSPS) is 35.5. The largest absolute Gasteiger partial charge is 0.508 e. The maximum absolute atomic E-state index is 10.2. The summed E-state index contributed by atoms with van der Waals surface area (Å²) >= 11 is 0. The van der Waals surface area contributed by atoms with Gasteiger partial charge in [0.25, 0.3) is 0 Å². The van der Waals surface area contributed by atoms with Crippen molar-refractivity contribution < 1.29 is 9.84 Å². The molecule has 0 amide bonds. The maximum atomic E-state index is 10.2. The summed E-state index contributed by atoms with van der Waals surface area (Å²) in [5.74, 6) is 1.51. The monoisotopic (exact) mass is 284 g/mol. The lowest BCUT2D eigenvalue weighted by atomic mass is 9.68. The summed E-state index contributed by atoms with van der Waals surface area (Å²) in [6, 6.07) is 7.73. The van der Waals surface area contributed by atoms with Gasteiger partial charge in [-0.05, 0) is 38.2 Å². The van der Waals surface area contributed by atoms with Gasteiger partial charge in [-0.15, -0.1) is 0 Å². The van der Waals surface area contributed by atoms with Crippen LogP contribution in [0.5, 0.6) is 5.75 Å². The summed E-state index contributed by atoms with van der Waals surface area (Å²) in [4.78, 5) is 0. The third-order valence-corrected chi connectivity index (χ3v) is 5.59. The number of hydrogen-bond acceptors (Lipinski definition) is 2. The molecule has 1 heterocycles. The van der Waals surface area contributed by atoms with Gasteiger partial charge in [-0.3, -0.25) is 0 Å². The quantitative estimate of drug-likeness (QED) is 0.754. The molecule has 1 aliphatic heterocycles. The van der Waals surface area contributed by atoms with E-state index in [4.69, 9.17) is 4.74 Å². The third kappa shape index (κ3) is 2.30. The van der Waals surface area contributed by atoms with Crippen LogP contribution >= 0.6 is 0 Å². The summed E-state index contributed by atoms with van der Waals surface area (Å²) in [7, 11) is 0. The summed E-state index contributed by atoms with van der Waals surface area (Å²) < 4.78 is 6.53. The van der Waals surface area contributed by atoms with Crippen molar-refractivity contribution in [2.24, 2.45) is 11.8 Å². The van der Waals surface area contributed by atoms with Crippen molar-refractivity contribution in [3.05, 3.63) is 41.5 Å². The van der Waals surface area contributed by atoms with Crippen LogP contribution in [-0.4, -0.2) is 11.2 Å². The maximum Gasteiger partial charge on any atom is 0.121 e. The molecular formula is C19H24O2. The SMILES string of the molecule is Oc1ccccc1[C@H]1O[C@@H]2CCCC[C@H]2C2=CCCC[C@H]21. The molecule has 2 nitrogen and oxygen atoms in total. The zero-order valence-corrected chi connectivity index (χ0v) is 12.5. The van der Waals surface area contributed by atoms with Crippen molar-refractivity contribution in [2.45, 2.75) is 57.2 Å². The topological polar surface area (TPSA) is 29.5 Å². The first-order valence-corrected chi connectivity index (χ1v) is 8.48. The summed E-state index contributed by atoms with van der Waals surface area (Å²) in [6.07, 6.45) is 11.7. The minimum Gasteiger partial charge on any atom is -0.508 e. The van der Waals surface area contributed by atoms with Crippen LogP contribution in [0.15, 0.2) is 35.9 Å². The van der Waals surface area contributed by atoms with Crippen molar-refractivity contribution in [1.82, 2.24) is 0 Å². The van der Waals surface area contributed by atoms with Gasteiger partial charge >= 0.3 is 0 Å². The first kappa shape index (κ1) is 13.4. The van der Waals surface area contributed by atoms with E-state index in [0.717, 1.165) is 5.56 Å². The van der Waals surface area contributed by atoms with Gasteiger partial charge in [0.05, 0.1) is 12.2 Å². The standard InChI is InChI=1S/C19H24O2/c20-17-11-5-3-10-16(17)19-15-9-2-1-7-13(15)14-8-4-6-12-18(14)21-19/h3,5,7,10-11,14-15,18-20H,1-2,4,6,8-9,12H2/t14-,15+,18+,19-/m0/s1. The number of phenols is 1. The van der Waals surface area contributed by atoms with E-state index < -0.39 is 0 Å². The average molecular weight is 284 g/mol. The van der Waals surface area contributed by atoms with Crippen molar-refractivity contribution >= 4 is 0 Å². The van der Waals surface area contributed by atoms with E-state index in [9.17, 15) is 5.11 Å². The van der Waals surface area contributed by atoms with E-state index in [-0.39, 0.29) is 6.10 Å². The first-order valence-electron chi connectivity index (χ1n) is 8.48. The van der Waals surface area contributed by atoms with Crippen LogP contribution in [0.2, 0.25) is 0 Å². The molecule has 1 N–H and O–H groups in total.